The fraction of sp³-hybridized carbons (Fsp3) is 0.545. The molecular weight excluding hydrogens is 358 g/mol. The number of amides is 2. The van der Waals surface area contributed by atoms with Crippen LogP contribution in [0, 0.1) is 0 Å². The van der Waals surface area contributed by atoms with Gasteiger partial charge in [0.1, 0.15) is 5.75 Å². The van der Waals surface area contributed by atoms with Gasteiger partial charge in [0.2, 0.25) is 0 Å². The van der Waals surface area contributed by atoms with Gasteiger partial charge >= 0.3 is 0 Å². The predicted molar refractivity (Wildman–Crippen MR) is 111 cm³/mol. The standard InChI is InChI=1S/C22H29NO3S/c1-4-27-20-19(16-11-13-18(14-12-16)26-15(2)3)21(24)23(22(20)25)17-9-7-5-6-8-10-17/h11-15,17H,4-10H2,1-3H3. The smallest absolute Gasteiger partial charge is 0.268 e. The molecule has 0 atom stereocenters. The molecule has 1 saturated carbocycles. The zero-order valence-corrected chi connectivity index (χ0v) is 17.3. The molecule has 1 aromatic carbocycles. The highest BCUT2D eigenvalue weighted by Crippen LogP contribution is 2.39. The Morgan fingerprint density at radius 3 is 2.22 bits per heavy atom. The minimum Gasteiger partial charge on any atom is -0.491 e. The van der Waals surface area contributed by atoms with Crippen LogP contribution in [0.5, 0.6) is 5.75 Å². The Morgan fingerprint density at radius 2 is 1.67 bits per heavy atom. The second-order valence-electron chi connectivity index (χ2n) is 7.45. The molecule has 4 nitrogen and oxygen atoms in total. The van der Waals surface area contributed by atoms with E-state index in [0.717, 1.165) is 42.7 Å². The van der Waals surface area contributed by atoms with Gasteiger partial charge in [-0.3, -0.25) is 14.5 Å². The number of benzene rings is 1. The average Bonchev–Trinajstić information content (AvgIpc) is 2.82. The molecule has 2 aliphatic rings. The molecular formula is C22H29NO3S. The fourth-order valence-corrected chi connectivity index (χ4v) is 4.74. The molecule has 1 fully saturated rings. The number of hydrogen-bond donors (Lipinski definition) is 0. The van der Waals surface area contributed by atoms with E-state index in [2.05, 4.69) is 0 Å². The molecule has 27 heavy (non-hydrogen) atoms. The molecule has 0 unspecified atom stereocenters. The highest BCUT2D eigenvalue weighted by molar-refractivity contribution is 8.04. The quantitative estimate of drug-likeness (QED) is 0.507. The molecule has 146 valence electrons. The Morgan fingerprint density at radius 1 is 1.04 bits per heavy atom. The van der Waals surface area contributed by atoms with Gasteiger partial charge in [0.15, 0.2) is 0 Å². The number of thioether (sulfide) groups is 1. The van der Waals surface area contributed by atoms with Gasteiger partial charge in [0.05, 0.1) is 16.6 Å². The van der Waals surface area contributed by atoms with Crippen LogP contribution in [0.4, 0.5) is 0 Å². The fourth-order valence-electron chi connectivity index (χ4n) is 3.88. The molecule has 2 amide bonds. The van der Waals surface area contributed by atoms with Crippen LogP contribution in [0.15, 0.2) is 29.2 Å². The van der Waals surface area contributed by atoms with Crippen molar-refractivity contribution in [3.8, 4) is 5.75 Å². The lowest BCUT2D eigenvalue weighted by Crippen LogP contribution is -2.40. The third-order valence-corrected chi connectivity index (χ3v) is 6.02. The van der Waals surface area contributed by atoms with Gasteiger partial charge in [0, 0.05) is 6.04 Å². The van der Waals surface area contributed by atoms with Crippen LogP contribution in [-0.2, 0) is 9.59 Å². The van der Waals surface area contributed by atoms with Crippen molar-refractivity contribution in [2.24, 2.45) is 0 Å². The third-order valence-electron chi connectivity index (χ3n) is 5.07. The van der Waals surface area contributed by atoms with E-state index in [0.29, 0.717) is 10.5 Å². The van der Waals surface area contributed by atoms with Crippen molar-refractivity contribution < 1.29 is 14.3 Å². The second kappa shape index (κ2) is 8.96. The summed E-state index contributed by atoms with van der Waals surface area (Å²) < 4.78 is 5.70. The molecule has 5 heteroatoms. The van der Waals surface area contributed by atoms with Gasteiger partial charge in [-0.1, -0.05) is 44.7 Å². The van der Waals surface area contributed by atoms with Gasteiger partial charge in [-0.2, -0.15) is 0 Å². The summed E-state index contributed by atoms with van der Waals surface area (Å²) in [7, 11) is 0. The van der Waals surface area contributed by atoms with E-state index in [-0.39, 0.29) is 24.0 Å². The molecule has 1 aliphatic carbocycles. The van der Waals surface area contributed by atoms with Crippen molar-refractivity contribution in [1.82, 2.24) is 4.90 Å². The lowest BCUT2D eigenvalue weighted by molar-refractivity contribution is -0.139. The zero-order chi connectivity index (χ0) is 19.4. The van der Waals surface area contributed by atoms with Crippen LogP contribution >= 0.6 is 11.8 Å². The zero-order valence-electron chi connectivity index (χ0n) is 16.5. The van der Waals surface area contributed by atoms with Crippen molar-refractivity contribution in [1.29, 1.82) is 0 Å². The number of carbonyl (C=O) groups excluding carboxylic acids is 2. The van der Waals surface area contributed by atoms with E-state index in [1.165, 1.54) is 24.6 Å². The first-order chi connectivity index (χ1) is 13.0. The van der Waals surface area contributed by atoms with Crippen LogP contribution in [0.3, 0.4) is 0 Å². The Hall–Kier alpha value is -1.75. The largest absolute Gasteiger partial charge is 0.491 e. The van der Waals surface area contributed by atoms with Gasteiger partial charge in [-0.15, -0.1) is 11.8 Å². The molecule has 0 spiro atoms. The van der Waals surface area contributed by atoms with Crippen molar-refractivity contribution in [3.63, 3.8) is 0 Å². The maximum Gasteiger partial charge on any atom is 0.268 e. The van der Waals surface area contributed by atoms with E-state index >= 15 is 0 Å². The summed E-state index contributed by atoms with van der Waals surface area (Å²) in [4.78, 5) is 28.5. The number of imide groups is 1. The molecule has 1 aromatic rings. The maximum absolute atomic E-state index is 13.3. The molecule has 0 saturated heterocycles. The number of rotatable bonds is 6. The van der Waals surface area contributed by atoms with Crippen molar-refractivity contribution in [3.05, 3.63) is 34.7 Å². The maximum atomic E-state index is 13.3. The first-order valence-corrected chi connectivity index (χ1v) is 11.0. The molecule has 3 rings (SSSR count). The molecule has 0 N–H and O–H groups in total. The molecule has 0 aromatic heterocycles. The van der Waals surface area contributed by atoms with Crippen molar-refractivity contribution >= 4 is 29.1 Å². The Kier molecular flexibility index (Phi) is 6.64. The summed E-state index contributed by atoms with van der Waals surface area (Å²) in [5, 5.41) is 0. The normalized spacial score (nSPS) is 19.2. The van der Waals surface area contributed by atoms with Crippen LogP contribution in [0.25, 0.3) is 5.57 Å². The van der Waals surface area contributed by atoms with Crippen molar-refractivity contribution in [2.75, 3.05) is 5.75 Å². The number of nitrogens with zero attached hydrogens (tertiary/aromatic N) is 1. The summed E-state index contributed by atoms with van der Waals surface area (Å²) in [6.07, 6.45) is 6.53. The van der Waals surface area contributed by atoms with Gasteiger partial charge in [-0.05, 0) is 50.1 Å². The van der Waals surface area contributed by atoms with Crippen LogP contribution in [0.2, 0.25) is 0 Å². The lowest BCUT2D eigenvalue weighted by atomic mass is 10.0. The summed E-state index contributed by atoms with van der Waals surface area (Å²) in [6, 6.07) is 7.59. The number of hydrogen-bond acceptors (Lipinski definition) is 4. The summed E-state index contributed by atoms with van der Waals surface area (Å²) in [6.45, 7) is 5.98. The predicted octanol–water partition coefficient (Wildman–Crippen LogP) is 5.03. The Balaban J connectivity index is 1.90. The van der Waals surface area contributed by atoms with Crippen LogP contribution in [0.1, 0.15) is 64.9 Å². The van der Waals surface area contributed by atoms with E-state index in [4.69, 9.17) is 4.74 Å². The minimum atomic E-state index is -0.125. The Bertz CT molecular complexity index is 716. The van der Waals surface area contributed by atoms with E-state index < -0.39 is 0 Å². The van der Waals surface area contributed by atoms with E-state index in [1.807, 2.05) is 45.0 Å². The summed E-state index contributed by atoms with van der Waals surface area (Å²) in [5.41, 5.74) is 1.36. The second-order valence-corrected chi connectivity index (χ2v) is 8.73. The third kappa shape index (κ3) is 4.40. The molecule has 1 aliphatic heterocycles. The molecule has 0 bridgehead atoms. The monoisotopic (exact) mass is 387 g/mol. The first kappa shape index (κ1) is 20.0. The van der Waals surface area contributed by atoms with E-state index in [9.17, 15) is 9.59 Å². The first-order valence-electron chi connectivity index (χ1n) is 10.0. The number of carbonyl (C=O) groups is 2. The lowest BCUT2D eigenvalue weighted by Gasteiger charge is -2.25. The van der Waals surface area contributed by atoms with Crippen molar-refractivity contribution in [2.45, 2.75) is 71.4 Å². The molecule has 0 radical (unpaired) electrons. The molecule has 1 heterocycles. The topological polar surface area (TPSA) is 46.6 Å². The average molecular weight is 388 g/mol. The van der Waals surface area contributed by atoms with Gasteiger partial charge < -0.3 is 4.74 Å². The highest BCUT2D eigenvalue weighted by atomic mass is 32.2. The minimum absolute atomic E-state index is 0.0426. The van der Waals surface area contributed by atoms with Crippen LogP contribution in [-0.4, -0.2) is 34.6 Å². The van der Waals surface area contributed by atoms with Crippen LogP contribution < -0.4 is 4.74 Å². The summed E-state index contributed by atoms with van der Waals surface area (Å²) >= 11 is 1.48. The van der Waals surface area contributed by atoms with Gasteiger partial charge in [-0.25, -0.2) is 0 Å². The summed E-state index contributed by atoms with van der Waals surface area (Å²) in [5.74, 6) is 1.32. The van der Waals surface area contributed by atoms with Gasteiger partial charge in [0.25, 0.3) is 11.8 Å². The number of ether oxygens (including phenoxy) is 1. The SMILES string of the molecule is CCSC1=C(c2ccc(OC(C)C)cc2)C(=O)N(C2CCCCCC2)C1=O. The highest BCUT2D eigenvalue weighted by Gasteiger charge is 2.42. The van der Waals surface area contributed by atoms with E-state index in [1.54, 1.807) is 4.90 Å². The Labute approximate surface area is 166 Å².